The van der Waals surface area contributed by atoms with E-state index in [1.807, 2.05) is 17.7 Å². The van der Waals surface area contributed by atoms with Gasteiger partial charge < -0.3 is 10.2 Å². The van der Waals surface area contributed by atoms with Gasteiger partial charge >= 0.3 is 0 Å². The van der Waals surface area contributed by atoms with Crippen molar-refractivity contribution in [1.29, 1.82) is 0 Å². The average molecular weight is 351 g/mol. The summed E-state index contributed by atoms with van der Waals surface area (Å²) >= 11 is 0. The summed E-state index contributed by atoms with van der Waals surface area (Å²) in [6.07, 6.45) is 9.84. The first-order valence-electron chi connectivity index (χ1n) is 10.1. The number of aromatic nitrogens is 2. The second kappa shape index (κ2) is 12.9. The first-order chi connectivity index (χ1) is 12.1. The van der Waals surface area contributed by atoms with E-state index in [0.717, 1.165) is 25.3 Å². The highest BCUT2D eigenvalue weighted by Gasteiger charge is 2.13. The van der Waals surface area contributed by atoms with Gasteiger partial charge in [0.05, 0.1) is 0 Å². The first-order valence-corrected chi connectivity index (χ1v) is 10.1. The van der Waals surface area contributed by atoms with Gasteiger partial charge in [0.25, 0.3) is 0 Å². The zero-order valence-corrected chi connectivity index (χ0v) is 16.8. The van der Waals surface area contributed by atoms with Crippen LogP contribution in [0.15, 0.2) is 12.3 Å². The molecule has 1 aromatic heterocycles. The van der Waals surface area contributed by atoms with E-state index < -0.39 is 0 Å². The molecule has 0 spiro atoms. The van der Waals surface area contributed by atoms with Crippen LogP contribution in [-0.2, 0) is 11.3 Å². The molecular weight excluding hydrogens is 312 g/mol. The molecule has 0 fully saturated rings. The highest BCUT2D eigenvalue weighted by atomic mass is 16.1. The van der Waals surface area contributed by atoms with Crippen LogP contribution in [0.4, 0.5) is 0 Å². The summed E-state index contributed by atoms with van der Waals surface area (Å²) in [6, 6.07) is 2.15. The fourth-order valence-electron chi connectivity index (χ4n) is 3.09. The van der Waals surface area contributed by atoms with Gasteiger partial charge in [0.2, 0.25) is 5.91 Å². The third kappa shape index (κ3) is 9.63. The van der Waals surface area contributed by atoms with Crippen molar-refractivity contribution in [2.24, 2.45) is 0 Å². The number of hydrogen-bond donors (Lipinski definition) is 1. The molecule has 0 aliphatic carbocycles. The minimum absolute atomic E-state index is 0.115. The van der Waals surface area contributed by atoms with Gasteiger partial charge in [-0.2, -0.15) is 5.10 Å². The van der Waals surface area contributed by atoms with Gasteiger partial charge in [-0.05, 0) is 45.8 Å². The molecule has 0 bridgehead atoms. The fourth-order valence-corrected chi connectivity index (χ4v) is 3.09. The van der Waals surface area contributed by atoms with Crippen LogP contribution in [-0.4, -0.2) is 46.3 Å². The summed E-state index contributed by atoms with van der Waals surface area (Å²) in [5, 5.41) is 7.38. The fraction of sp³-hybridized carbons (Fsp3) is 0.800. The summed E-state index contributed by atoms with van der Waals surface area (Å²) in [7, 11) is 0. The van der Waals surface area contributed by atoms with Crippen molar-refractivity contribution in [3.8, 4) is 0 Å². The molecule has 1 aromatic rings. The van der Waals surface area contributed by atoms with E-state index in [-0.39, 0.29) is 11.9 Å². The Morgan fingerprint density at radius 1 is 1.20 bits per heavy atom. The molecule has 1 rings (SSSR count). The standard InChI is InChI=1S/C20H38N4O/c1-5-7-9-14-23(15-10-8-6-2)17-18(3)22-20(25)12-16-24-19(4)11-13-21-24/h11,13,18H,5-10,12,14-17H2,1-4H3,(H,22,25). The molecule has 0 aromatic carbocycles. The van der Waals surface area contributed by atoms with E-state index in [9.17, 15) is 4.79 Å². The number of nitrogens with zero attached hydrogens (tertiary/aromatic N) is 3. The molecule has 144 valence electrons. The third-order valence-electron chi connectivity index (χ3n) is 4.57. The van der Waals surface area contributed by atoms with E-state index in [1.54, 1.807) is 6.20 Å². The van der Waals surface area contributed by atoms with Crippen molar-refractivity contribution in [2.75, 3.05) is 19.6 Å². The number of amides is 1. The zero-order valence-electron chi connectivity index (χ0n) is 16.8. The average Bonchev–Trinajstić information content (AvgIpc) is 2.98. The van der Waals surface area contributed by atoms with Crippen LogP contribution >= 0.6 is 0 Å². The normalized spacial score (nSPS) is 12.5. The number of hydrogen-bond acceptors (Lipinski definition) is 3. The van der Waals surface area contributed by atoms with Gasteiger partial charge in [-0.3, -0.25) is 9.48 Å². The molecule has 1 unspecified atom stereocenters. The predicted molar refractivity (Wildman–Crippen MR) is 105 cm³/mol. The lowest BCUT2D eigenvalue weighted by Crippen LogP contribution is -2.43. The second-order valence-electron chi connectivity index (χ2n) is 7.13. The largest absolute Gasteiger partial charge is 0.352 e. The van der Waals surface area contributed by atoms with Crippen LogP contribution in [0.5, 0.6) is 0 Å². The Labute approximate surface area is 154 Å². The molecule has 1 amide bonds. The van der Waals surface area contributed by atoms with Crippen molar-refractivity contribution >= 4 is 5.91 Å². The van der Waals surface area contributed by atoms with Gasteiger partial charge in [0, 0.05) is 37.4 Å². The Kier molecular flexibility index (Phi) is 11.2. The Hall–Kier alpha value is -1.36. The summed E-state index contributed by atoms with van der Waals surface area (Å²) in [5.41, 5.74) is 1.10. The number of carbonyl (C=O) groups is 1. The van der Waals surface area contributed by atoms with E-state index in [1.165, 1.54) is 38.5 Å². The van der Waals surface area contributed by atoms with Crippen LogP contribution in [0.25, 0.3) is 0 Å². The monoisotopic (exact) mass is 350 g/mol. The van der Waals surface area contributed by atoms with Gasteiger partial charge in [0.15, 0.2) is 0 Å². The van der Waals surface area contributed by atoms with Crippen molar-refractivity contribution < 1.29 is 4.79 Å². The lowest BCUT2D eigenvalue weighted by Gasteiger charge is -2.26. The summed E-state index contributed by atoms with van der Waals surface area (Å²) < 4.78 is 1.88. The number of rotatable bonds is 14. The van der Waals surface area contributed by atoms with Crippen LogP contribution in [0.2, 0.25) is 0 Å². The Morgan fingerprint density at radius 2 is 1.84 bits per heavy atom. The smallest absolute Gasteiger partial charge is 0.222 e. The van der Waals surface area contributed by atoms with Crippen molar-refractivity contribution in [3.05, 3.63) is 18.0 Å². The highest BCUT2D eigenvalue weighted by molar-refractivity contribution is 5.76. The molecule has 1 heterocycles. The van der Waals surface area contributed by atoms with Crippen LogP contribution in [0, 0.1) is 6.92 Å². The summed E-state index contributed by atoms with van der Waals surface area (Å²) in [5.74, 6) is 0.115. The summed E-state index contributed by atoms with van der Waals surface area (Å²) in [6.45, 7) is 12.5. The van der Waals surface area contributed by atoms with Crippen molar-refractivity contribution in [2.45, 2.75) is 85.2 Å². The number of nitrogens with one attached hydrogen (secondary N) is 1. The van der Waals surface area contributed by atoms with Crippen LogP contribution < -0.4 is 5.32 Å². The minimum atomic E-state index is 0.115. The molecule has 5 heteroatoms. The van der Waals surface area contributed by atoms with Gasteiger partial charge in [0.1, 0.15) is 0 Å². The second-order valence-corrected chi connectivity index (χ2v) is 7.13. The molecule has 0 aliphatic heterocycles. The van der Waals surface area contributed by atoms with Crippen LogP contribution in [0.1, 0.15) is 71.4 Å². The maximum Gasteiger partial charge on any atom is 0.222 e. The maximum absolute atomic E-state index is 12.2. The van der Waals surface area contributed by atoms with Crippen molar-refractivity contribution in [3.63, 3.8) is 0 Å². The molecule has 0 radical (unpaired) electrons. The van der Waals surface area contributed by atoms with Gasteiger partial charge in [-0.1, -0.05) is 39.5 Å². The minimum Gasteiger partial charge on any atom is -0.352 e. The third-order valence-corrected chi connectivity index (χ3v) is 4.57. The molecule has 1 N–H and O–H groups in total. The highest BCUT2D eigenvalue weighted by Crippen LogP contribution is 2.04. The van der Waals surface area contributed by atoms with Gasteiger partial charge in [-0.15, -0.1) is 0 Å². The Bertz CT molecular complexity index is 462. The van der Waals surface area contributed by atoms with E-state index in [2.05, 4.69) is 36.1 Å². The first kappa shape index (κ1) is 21.7. The Morgan fingerprint density at radius 3 is 2.36 bits per heavy atom. The van der Waals surface area contributed by atoms with Crippen molar-refractivity contribution in [1.82, 2.24) is 20.0 Å². The van der Waals surface area contributed by atoms with Gasteiger partial charge in [-0.25, -0.2) is 0 Å². The van der Waals surface area contributed by atoms with E-state index >= 15 is 0 Å². The van der Waals surface area contributed by atoms with E-state index in [0.29, 0.717) is 13.0 Å². The molecule has 0 saturated carbocycles. The number of unbranched alkanes of at least 4 members (excludes halogenated alkanes) is 4. The molecule has 1 atom stereocenters. The maximum atomic E-state index is 12.2. The molecular formula is C20H38N4O. The number of carbonyl (C=O) groups excluding carboxylic acids is 1. The lowest BCUT2D eigenvalue weighted by molar-refractivity contribution is -0.122. The predicted octanol–water partition coefficient (Wildman–Crippen LogP) is 3.77. The topological polar surface area (TPSA) is 50.2 Å². The number of aryl methyl sites for hydroxylation is 2. The Balaban J connectivity index is 2.33. The molecule has 0 saturated heterocycles. The quantitative estimate of drug-likeness (QED) is 0.520. The molecule has 0 aliphatic rings. The van der Waals surface area contributed by atoms with Crippen LogP contribution in [0.3, 0.4) is 0 Å². The summed E-state index contributed by atoms with van der Waals surface area (Å²) in [4.78, 5) is 14.7. The zero-order chi connectivity index (χ0) is 18.5. The SMILES string of the molecule is CCCCCN(CCCCC)CC(C)NC(=O)CCn1nccc1C. The molecule has 5 nitrogen and oxygen atoms in total. The van der Waals surface area contributed by atoms with E-state index in [4.69, 9.17) is 0 Å². The molecule has 25 heavy (non-hydrogen) atoms. The lowest BCUT2D eigenvalue weighted by atomic mass is 10.2.